The van der Waals surface area contributed by atoms with Crippen molar-refractivity contribution in [2.75, 3.05) is 32.8 Å². The van der Waals surface area contributed by atoms with Crippen molar-refractivity contribution in [1.29, 1.82) is 0 Å². The topological polar surface area (TPSA) is 59.1 Å². The van der Waals surface area contributed by atoms with Crippen LogP contribution in [0.2, 0.25) is 10.0 Å². The fraction of sp³-hybridized carbons (Fsp3) is 0.524. The maximum absolute atomic E-state index is 12.5. The summed E-state index contributed by atoms with van der Waals surface area (Å²) in [6, 6.07) is 5.19. The zero-order chi connectivity index (χ0) is 21.0. The van der Waals surface area contributed by atoms with Gasteiger partial charge in [-0.2, -0.15) is 0 Å². The van der Waals surface area contributed by atoms with Crippen LogP contribution in [0.1, 0.15) is 32.3 Å². The third kappa shape index (κ3) is 6.19. The molecule has 1 atom stereocenters. The Balaban J connectivity index is 1.51. The maximum atomic E-state index is 12.5. The fourth-order valence-electron chi connectivity index (χ4n) is 3.42. The van der Waals surface area contributed by atoms with Crippen LogP contribution < -0.4 is 0 Å². The molecule has 29 heavy (non-hydrogen) atoms. The van der Waals surface area contributed by atoms with E-state index >= 15 is 0 Å². The second kappa shape index (κ2) is 9.47. The van der Waals surface area contributed by atoms with E-state index in [1.54, 1.807) is 29.2 Å². The summed E-state index contributed by atoms with van der Waals surface area (Å²) in [6.07, 6.45) is 4.24. The number of ether oxygens (including phenoxy) is 2. The molecule has 0 radical (unpaired) electrons. The van der Waals surface area contributed by atoms with Crippen molar-refractivity contribution in [1.82, 2.24) is 9.80 Å². The summed E-state index contributed by atoms with van der Waals surface area (Å²) in [4.78, 5) is 28.5. The number of rotatable bonds is 5. The van der Waals surface area contributed by atoms with Gasteiger partial charge in [-0.15, -0.1) is 0 Å². The van der Waals surface area contributed by atoms with E-state index in [0.717, 1.165) is 12.0 Å². The first-order valence-electron chi connectivity index (χ1n) is 9.75. The van der Waals surface area contributed by atoms with Crippen molar-refractivity contribution in [3.63, 3.8) is 0 Å². The molecule has 0 N–H and O–H groups in total. The molecule has 1 aromatic carbocycles. The highest BCUT2D eigenvalue weighted by Crippen LogP contribution is 2.25. The minimum Gasteiger partial charge on any atom is -0.348 e. The molecule has 2 heterocycles. The first kappa shape index (κ1) is 22.1. The molecule has 0 aromatic heterocycles. The van der Waals surface area contributed by atoms with Gasteiger partial charge in [0.05, 0.1) is 22.8 Å². The predicted octanol–water partition coefficient (Wildman–Crippen LogP) is 3.61. The number of hydrogen-bond donors (Lipinski definition) is 0. The van der Waals surface area contributed by atoms with Crippen LogP contribution in [0.3, 0.4) is 0 Å². The van der Waals surface area contributed by atoms with Gasteiger partial charge < -0.3 is 19.3 Å². The van der Waals surface area contributed by atoms with E-state index in [4.69, 9.17) is 32.7 Å². The molecule has 0 bridgehead atoms. The lowest BCUT2D eigenvalue weighted by molar-refractivity contribution is -0.140. The Morgan fingerprint density at radius 3 is 2.72 bits per heavy atom. The molecule has 2 fully saturated rings. The van der Waals surface area contributed by atoms with Crippen LogP contribution in [0.4, 0.5) is 0 Å². The van der Waals surface area contributed by atoms with Gasteiger partial charge in [0.2, 0.25) is 11.8 Å². The molecule has 8 heteroatoms. The van der Waals surface area contributed by atoms with Crippen molar-refractivity contribution in [2.24, 2.45) is 0 Å². The summed E-state index contributed by atoms with van der Waals surface area (Å²) in [5.74, 6) is -0.621. The van der Waals surface area contributed by atoms with E-state index in [2.05, 4.69) is 0 Å². The van der Waals surface area contributed by atoms with Crippen LogP contribution in [-0.2, 0) is 19.1 Å². The monoisotopic (exact) mass is 440 g/mol. The van der Waals surface area contributed by atoms with Gasteiger partial charge >= 0.3 is 0 Å². The summed E-state index contributed by atoms with van der Waals surface area (Å²) >= 11 is 11.9. The Morgan fingerprint density at radius 2 is 2.03 bits per heavy atom. The predicted molar refractivity (Wildman–Crippen MR) is 113 cm³/mol. The Labute approximate surface area is 181 Å². The normalized spacial score (nSPS) is 22.3. The summed E-state index contributed by atoms with van der Waals surface area (Å²) in [7, 11) is 0. The molecule has 0 saturated carbocycles. The maximum Gasteiger partial charge on any atom is 0.246 e. The van der Waals surface area contributed by atoms with E-state index < -0.39 is 5.79 Å². The van der Waals surface area contributed by atoms with Crippen molar-refractivity contribution in [3.8, 4) is 0 Å². The lowest BCUT2D eigenvalue weighted by Crippen LogP contribution is -2.37. The Kier molecular flexibility index (Phi) is 7.22. The van der Waals surface area contributed by atoms with Gasteiger partial charge in [-0.3, -0.25) is 9.59 Å². The van der Waals surface area contributed by atoms with Crippen molar-refractivity contribution in [2.45, 2.75) is 38.6 Å². The Bertz CT molecular complexity index is 797. The first-order chi connectivity index (χ1) is 13.7. The van der Waals surface area contributed by atoms with Crippen LogP contribution in [-0.4, -0.2) is 66.3 Å². The molecule has 2 aliphatic heterocycles. The number of carbonyl (C=O) groups is 2. The van der Waals surface area contributed by atoms with Gasteiger partial charge in [0.1, 0.15) is 0 Å². The first-order valence-corrected chi connectivity index (χ1v) is 10.5. The van der Waals surface area contributed by atoms with Gasteiger partial charge in [0.25, 0.3) is 0 Å². The van der Waals surface area contributed by atoms with Gasteiger partial charge in [-0.1, -0.05) is 29.3 Å². The van der Waals surface area contributed by atoms with E-state index in [0.29, 0.717) is 49.3 Å². The van der Waals surface area contributed by atoms with Gasteiger partial charge in [-0.05, 0) is 44.0 Å². The zero-order valence-corrected chi connectivity index (χ0v) is 18.2. The third-order valence-electron chi connectivity index (χ3n) is 5.05. The Hall–Kier alpha value is -1.60. The standard InChI is InChI=1S/C21H26Cl2N2O4/c1-21(2)28-14-16(29-21)7-9-24-11-12-25(10-8-20(24)27)19(26)6-4-15-3-5-17(22)18(23)13-15/h3-6,13,16H,7-12,14H2,1-2H3/t16-/m1/s1. The summed E-state index contributed by atoms with van der Waals surface area (Å²) in [5.41, 5.74) is 0.794. The number of hydrogen-bond acceptors (Lipinski definition) is 4. The lowest BCUT2D eigenvalue weighted by Gasteiger charge is -2.23. The second-order valence-electron chi connectivity index (χ2n) is 7.70. The minimum atomic E-state index is -0.558. The molecule has 2 saturated heterocycles. The third-order valence-corrected chi connectivity index (χ3v) is 5.79. The highest BCUT2D eigenvalue weighted by Gasteiger charge is 2.33. The van der Waals surface area contributed by atoms with Gasteiger partial charge in [-0.25, -0.2) is 0 Å². The van der Waals surface area contributed by atoms with Crippen molar-refractivity contribution >= 4 is 41.1 Å². The fourth-order valence-corrected chi connectivity index (χ4v) is 3.72. The summed E-state index contributed by atoms with van der Waals surface area (Å²) in [6.45, 7) is 6.35. The van der Waals surface area contributed by atoms with Crippen LogP contribution in [0.25, 0.3) is 6.08 Å². The number of benzene rings is 1. The van der Waals surface area contributed by atoms with Crippen LogP contribution in [0.5, 0.6) is 0 Å². The molecule has 0 aliphatic carbocycles. The summed E-state index contributed by atoms with van der Waals surface area (Å²) < 4.78 is 11.4. The molecule has 158 valence electrons. The summed E-state index contributed by atoms with van der Waals surface area (Å²) in [5, 5.41) is 0.914. The molecule has 0 unspecified atom stereocenters. The average Bonchev–Trinajstić information content (AvgIpc) is 2.91. The Morgan fingerprint density at radius 1 is 1.24 bits per heavy atom. The van der Waals surface area contributed by atoms with E-state index in [1.165, 1.54) is 6.08 Å². The molecule has 3 rings (SSSR count). The van der Waals surface area contributed by atoms with E-state index in [1.807, 2.05) is 18.7 Å². The zero-order valence-electron chi connectivity index (χ0n) is 16.7. The van der Waals surface area contributed by atoms with Gasteiger partial charge in [0.15, 0.2) is 5.79 Å². The van der Waals surface area contributed by atoms with Crippen LogP contribution >= 0.6 is 23.2 Å². The molecule has 2 aliphatic rings. The SMILES string of the molecule is CC1(C)OC[C@@H](CCN2CCN(C(=O)C=Cc3ccc(Cl)c(Cl)c3)CCC2=O)O1. The molecule has 2 amide bonds. The van der Waals surface area contributed by atoms with Crippen LogP contribution in [0, 0.1) is 0 Å². The molecular weight excluding hydrogens is 415 g/mol. The second-order valence-corrected chi connectivity index (χ2v) is 8.52. The van der Waals surface area contributed by atoms with Crippen LogP contribution in [0.15, 0.2) is 24.3 Å². The van der Waals surface area contributed by atoms with Crippen molar-refractivity contribution < 1.29 is 19.1 Å². The number of carbonyl (C=O) groups excluding carboxylic acids is 2. The number of amides is 2. The highest BCUT2D eigenvalue weighted by molar-refractivity contribution is 6.42. The molecule has 0 spiro atoms. The van der Waals surface area contributed by atoms with Gasteiger partial charge in [0, 0.05) is 38.7 Å². The van der Waals surface area contributed by atoms with E-state index in [-0.39, 0.29) is 17.9 Å². The molecule has 6 nitrogen and oxygen atoms in total. The molecular formula is C21H26Cl2N2O4. The number of nitrogens with zero attached hydrogens (tertiary/aromatic N) is 2. The van der Waals surface area contributed by atoms with Crippen molar-refractivity contribution in [3.05, 3.63) is 39.9 Å². The molecule has 1 aromatic rings. The van der Waals surface area contributed by atoms with E-state index in [9.17, 15) is 9.59 Å². The number of halogens is 2. The quantitative estimate of drug-likeness (QED) is 0.656. The largest absolute Gasteiger partial charge is 0.348 e. The average molecular weight is 441 g/mol. The smallest absolute Gasteiger partial charge is 0.246 e. The highest BCUT2D eigenvalue weighted by atomic mass is 35.5. The lowest BCUT2D eigenvalue weighted by atomic mass is 10.2. The minimum absolute atomic E-state index is 0.00655.